The van der Waals surface area contributed by atoms with Crippen LogP contribution >= 0.6 is 0 Å². The Morgan fingerprint density at radius 2 is 1.67 bits per heavy atom. The van der Waals surface area contributed by atoms with Crippen LogP contribution in [0.3, 0.4) is 0 Å². The molecule has 0 heterocycles. The number of allylic oxidation sites excluding steroid dienone is 1. The minimum absolute atomic E-state index is 0.0468. The molecule has 1 unspecified atom stereocenters. The zero-order valence-corrected chi connectivity index (χ0v) is 29.7. The van der Waals surface area contributed by atoms with Crippen molar-refractivity contribution >= 4 is 12.0 Å². The number of hydrogen-bond acceptors (Lipinski definition) is 6. The lowest BCUT2D eigenvalue weighted by molar-refractivity contribution is -0.122. The first-order valence-corrected chi connectivity index (χ1v) is 18.8. The zero-order chi connectivity index (χ0) is 33.2. The lowest BCUT2D eigenvalue weighted by atomic mass is 9.47. The van der Waals surface area contributed by atoms with E-state index < -0.39 is 0 Å². The van der Waals surface area contributed by atoms with Crippen LogP contribution in [-0.4, -0.2) is 69.3 Å². The number of amides is 2. The van der Waals surface area contributed by atoms with Gasteiger partial charge in [-0.15, -0.1) is 0 Å². The maximum atomic E-state index is 12.6. The number of carbonyl (C=O) groups excluding carboxylic acids is 2. The fourth-order valence-corrected chi connectivity index (χ4v) is 10.3. The molecular weight excluding hydrogens is 580 g/mol. The molecule has 4 aliphatic carbocycles. The van der Waals surface area contributed by atoms with Crippen LogP contribution in [-0.2, 0) is 19.0 Å². The van der Waals surface area contributed by atoms with Crippen molar-refractivity contribution in [1.82, 2.24) is 10.6 Å². The lowest BCUT2D eigenvalue weighted by Gasteiger charge is -2.58. The molecule has 3 fully saturated rings. The van der Waals surface area contributed by atoms with Crippen LogP contribution in [0.4, 0.5) is 4.79 Å². The largest absolute Gasteiger partial charge is 0.446 e. The average molecular weight is 647 g/mol. The van der Waals surface area contributed by atoms with E-state index in [-0.39, 0.29) is 49.8 Å². The number of hydrogen-bond donors (Lipinski definition) is 3. The van der Waals surface area contributed by atoms with Gasteiger partial charge in [-0.3, -0.25) is 4.79 Å². The number of aliphatic hydroxyl groups is 1. The van der Waals surface area contributed by atoms with Crippen LogP contribution in [0, 0.1) is 46.3 Å². The van der Waals surface area contributed by atoms with E-state index in [4.69, 9.17) is 19.3 Å². The van der Waals surface area contributed by atoms with Gasteiger partial charge in [-0.25, -0.2) is 4.79 Å². The van der Waals surface area contributed by atoms with Gasteiger partial charge in [0.1, 0.15) is 6.10 Å². The minimum Gasteiger partial charge on any atom is -0.446 e. The molecule has 0 aromatic carbocycles. The smallest absolute Gasteiger partial charge is 0.407 e. The van der Waals surface area contributed by atoms with E-state index in [1.165, 1.54) is 57.8 Å². The Balaban J connectivity index is 1.18. The minimum atomic E-state index is -0.369. The van der Waals surface area contributed by atoms with Gasteiger partial charge >= 0.3 is 6.09 Å². The second-order valence-electron chi connectivity index (χ2n) is 15.5. The van der Waals surface area contributed by atoms with E-state index in [2.05, 4.69) is 51.3 Å². The molecule has 0 aliphatic heterocycles. The summed E-state index contributed by atoms with van der Waals surface area (Å²) < 4.78 is 16.5. The molecule has 46 heavy (non-hydrogen) atoms. The molecular formula is C38H66N2O6. The maximum absolute atomic E-state index is 12.6. The van der Waals surface area contributed by atoms with Gasteiger partial charge in [0.25, 0.3) is 0 Å². The van der Waals surface area contributed by atoms with E-state index in [0.717, 1.165) is 54.8 Å². The Kier molecular flexibility index (Phi) is 14.3. The van der Waals surface area contributed by atoms with Gasteiger partial charge < -0.3 is 30.0 Å². The second kappa shape index (κ2) is 17.7. The fraction of sp³-hybridized carbons (Fsp3) is 0.895. The summed E-state index contributed by atoms with van der Waals surface area (Å²) in [5.41, 5.74) is 2.29. The van der Waals surface area contributed by atoms with Gasteiger partial charge in [-0.1, -0.05) is 72.0 Å². The molecule has 8 heteroatoms. The van der Waals surface area contributed by atoms with Crippen LogP contribution in [0.15, 0.2) is 11.6 Å². The highest BCUT2D eigenvalue weighted by Gasteiger charge is 2.59. The van der Waals surface area contributed by atoms with Gasteiger partial charge in [-0.05, 0) is 91.3 Å². The summed E-state index contributed by atoms with van der Waals surface area (Å²) in [6.07, 6.45) is 17.6. The average Bonchev–Trinajstić information content (AvgIpc) is 3.40. The Labute approximate surface area is 279 Å². The number of rotatable bonds is 18. The molecule has 0 saturated heterocycles. The standard InChI is InChI=1S/C38H66N2O6/c1-6-28(7-2)9-8-27(3)32-12-13-33-31-11-10-29-26-30(14-17-37(29,4)34(31)15-18-38(32,33)5)46-36(43)40-20-24-45-23-19-39-35(42)16-22-44-25-21-41/h10,27-28,30-34,41H,6-9,11-26H2,1-5H3,(H,39,42)(H,40,43)/t27-,30+,31+,32?,33+,34+,37+,38-/m1/s1. The third-order valence-corrected chi connectivity index (χ3v) is 13.1. The van der Waals surface area contributed by atoms with Crippen molar-refractivity contribution in [3.8, 4) is 0 Å². The first-order valence-electron chi connectivity index (χ1n) is 18.8. The summed E-state index contributed by atoms with van der Waals surface area (Å²) in [6.45, 7) is 14.5. The molecule has 0 bridgehead atoms. The third kappa shape index (κ3) is 9.07. The van der Waals surface area contributed by atoms with Crippen LogP contribution in [0.5, 0.6) is 0 Å². The third-order valence-electron chi connectivity index (χ3n) is 13.1. The summed E-state index contributed by atoms with van der Waals surface area (Å²) in [6, 6.07) is 0. The predicted molar refractivity (Wildman–Crippen MR) is 182 cm³/mol. The van der Waals surface area contributed by atoms with Crippen molar-refractivity contribution in [2.45, 2.75) is 124 Å². The number of ether oxygens (including phenoxy) is 3. The summed E-state index contributed by atoms with van der Waals surface area (Å²) in [7, 11) is 0. The SMILES string of the molecule is CCC(CC)CC[C@@H](C)C1CC[C@H]2[C@@H]3CC=C4C[C@@H](OC(=O)NCCOCCNC(=O)CCOCCO)CC[C@]4(C)[C@H]3CC[C@]12C. The molecule has 2 amide bonds. The molecule has 264 valence electrons. The predicted octanol–water partition coefficient (Wildman–Crippen LogP) is 7.04. The van der Waals surface area contributed by atoms with E-state index in [1.54, 1.807) is 5.57 Å². The lowest BCUT2D eigenvalue weighted by Crippen LogP contribution is -2.51. The first kappa shape index (κ1) is 37.2. The van der Waals surface area contributed by atoms with E-state index in [0.29, 0.717) is 31.7 Å². The van der Waals surface area contributed by atoms with Gasteiger partial charge in [0.2, 0.25) is 5.91 Å². The van der Waals surface area contributed by atoms with Crippen molar-refractivity contribution in [2.24, 2.45) is 46.3 Å². The Morgan fingerprint density at radius 3 is 2.41 bits per heavy atom. The Morgan fingerprint density at radius 1 is 0.935 bits per heavy atom. The maximum Gasteiger partial charge on any atom is 0.407 e. The van der Waals surface area contributed by atoms with Crippen LogP contribution < -0.4 is 10.6 Å². The van der Waals surface area contributed by atoms with Crippen molar-refractivity contribution in [2.75, 3.05) is 46.1 Å². The second-order valence-corrected chi connectivity index (χ2v) is 15.5. The number of carbonyl (C=O) groups is 2. The number of fused-ring (bicyclic) bond motifs is 5. The molecule has 8 nitrogen and oxygen atoms in total. The Hall–Kier alpha value is -1.64. The zero-order valence-electron chi connectivity index (χ0n) is 29.7. The number of nitrogens with one attached hydrogen (secondary N) is 2. The highest BCUT2D eigenvalue weighted by molar-refractivity contribution is 5.75. The highest BCUT2D eigenvalue weighted by atomic mass is 16.6. The van der Waals surface area contributed by atoms with Gasteiger partial charge in [-0.2, -0.15) is 0 Å². The van der Waals surface area contributed by atoms with Crippen LogP contribution in [0.2, 0.25) is 0 Å². The van der Waals surface area contributed by atoms with Crippen LogP contribution in [0.25, 0.3) is 0 Å². The topological polar surface area (TPSA) is 106 Å². The van der Waals surface area contributed by atoms with E-state index in [1.807, 2.05) is 0 Å². The van der Waals surface area contributed by atoms with E-state index >= 15 is 0 Å². The van der Waals surface area contributed by atoms with Gasteiger partial charge in [0.15, 0.2) is 0 Å². The van der Waals surface area contributed by atoms with Crippen molar-refractivity contribution in [3.05, 3.63) is 11.6 Å². The normalized spacial score (nSPS) is 32.6. The molecule has 0 aromatic heterocycles. The highest BCUT2D eigenvalue weighted by Crippen LogP contribution is 2.67. The molecule has 3 saturated carbocycles. The summed E-state index contributed by atoms with van der Waals surface area (Å²) in [4.78, 5) is 24.3. The molecule has 4 rings (SSSR count). The fourth-order valence-electron chi connectivity index (χ4n) is 10.3. The number of aliphatic hydroxyl groups excluding tert-OH is 1. The van der Waals surface area contributed by atoms with Crippen molar-refractivity contribution in [3.63, 3.8) is 0 Å². The van der Waals surface area contributed by atoms with Crippen molar-refractivity contribution < 1.29 is 28.9 Å². The monoisotopic (exact) mass is 646 g/mol. The molecule has 0 aromatic rings. The Bertz CT molecular complexity index is 1000. The van der Waals surface area contributed by atoms with Gasteiger partial charge in [0.05, 0.1) is 33.0 Å². The van der Waals surface area contributed by atoms with E-state index in [9.17, 15) is 9.59 Å². The molecule has 0 spiro atoms. The molecule has 0 radical (unpaired) electrons. The molecule has 4 aliphatic rings. The number of alkyl carbamates (subject to hydrolysis) is 1. The first-order chi connectivity index (χ1) is 22.2. The van der Waals surface area contributed by atoms with Gasteiger partial charge in [0, 0.05) is 25.9 Å². The molecule has 3 N–H and O–H groups in total. The summed E-state index contributed by atoms with van der Waals surface area (Å²) in [5, 5.41) is 14.3. The van der Waals surface area contributed by atoms with Crippen molar-refractivity contribution in [1.29, 1.82) is 0 Å². The molecule has 8 atom stereocenters. The van der Waals surface area contributed by atoms with Crippen LogP contribution in [0.1, 0.15) is 118 Å². The summed E-state index contributed by atoms with van der Waals surface area (Å²) in [5.74, 6) is 4.94. The summed E-state index contributed by atoms with van der Waals surface area (Å²) >= 11 is 0. The quantitative estimate of drug-likeness (QED) is 0.109.